The van der Waals surface area contributed by atoms with Crippen molar-refractivity contribution in [3.63, 3.8) is 0 Å². The minimum absolute atomic E-state index is 0.334. The van der Waals surface area contributed by atoms with Crippen LogP contribution >= 0.6 is 0 Å². The quantitative estimate of drug-likeness (QED) is 0.837. The molecule has 0 aliphatic carbocycles. The molecule has 0 saturated carbocycles. The summed E-state index contributed by atoms with van der Waals surface area (Å²) in [7, 11) is 1.37. The number of esters is 1. The van der Waals surface area contributed by atoms with E-state index in [0.29, 0.717) is 17.9 Å². The summed E-state index contributed by atoms with van der Waals surface area (Å²) < 4.78 is 10.0. The number of anilines is 2. The van der Waals surface area contributed by atoms with Gasteiger partial charge in [0.2, 0.25) is 0 Å². The molecule has 1 aliphatic heterocycles. The second-order valence-corrected chi connectivity index (χ2v) is 5.42. The number of benzene rings is 1. The van der Waals surface area contributed by atoms with Crippen LogP contribution in [-0.4, -0.2) is 49.6 Å². The van der Waals surface area contributed by atoms with Gasteiger partial charge in [0.25, 0.3) is 0 Å². The number of ether oxygens (including phenoxy) is 2. The first-order chi connectivity index (χ1) is 11.8. The number of hydrogen-bond donors (Lipinski definition) is 1. The summed E-state index contributed by atoms with van der Waals surface area (Å²) in [5.74, 6) is 1.24. The number of aromatic nitrogens is 2. The number of nitrogens with one attached hydrogen (secondary N) is 1. The van der Waals surface area contributed by atoms with E-state index >= 15 is 0 Å². The fourth-order valence-electron chi connectivity index (χ4n) is 2.45. The molecule has 24 heavy (non-hydrogen) atoms. The van der Waals surface area contributed by atoms with E-state index in [1.807, 2.05) is 24.3 Å². The van der Waals surface area contributed by atoms with Crippen LogP contribution in [0.15, 0.2) is 36.4 Å². The van der Waals surface area contributed by atoms with Gasteiger partial charge in [-0.15, -0.1) is 10.2 Å². The van der Waals surface area contributed by atoms with Crippen LogP contribution < -0.4 is 10.2 Å². The van der Waals surface area contributed by atoms with Crippen LogP contribution in [-0.2, 0) is 16.0 Å². The number of hydrogen-bond acceptors (Lipinski definition) is 7. The van der Waals surface area contributed by atoms with Gasteiger partial charge in [-0.25, -0.2) is 4.79 Å². The van der Waals surface area contributed by atoms with Crippen molar-refractivity contribution in [1.29, 1.82) is 0 Å². The molecule has 0 radical (unpaired) electrons. The molecule has 0 unspecified atom stereocenters. The van der Waals surface area contributed by atoms with Crippen LogP contribution in [0.1, 0.15) is 15.9 Å². The van der Waals surface area contributed by atoms with Gasteiger partial charge in [-0.3, -0.25) is 0 Å². The molecule has 126 valence electrons. The molecule has 0 spiro atoms. The first-order valence-electron chi connectivity index (χ1n) is 7.84. The average Bonchev–Trinajstić information content (AvgIpc) is 2.67. The molecular weight excluding hydrogens is 308 g/mol. The fraction of sp³-hybridized carbons (Fsp3) is 0.353. The Morgan fingerprint density at radius 1 is 1.17 bits per heavy atom. The zero-order valence-electron chi connectivity index (χ0n) is 13.6. The van der Waals surface area contributed by atoms with E-state index in [1.54, 1.807) is 12.1 Å². The van der Waals surface area contributed by atoms with Gasteiger partial charge in [-0.2, -0.15) is 0 Å². The third-order valence-corrected chi connectivity index (χ3v) is 3.83. The van der Waals surface area contributed by atoms with E-state index in [4.69, 9.17) is 4.74 Å². The van der Waals surface area contributed by atoms with E-state index in [0.717, 1.165) is 37.7 Å². The Labute approximate surface area is 140 Å². The Kier molecular flexibility index (Phi) is 5.22. The normalized spacial score (nSPS) is 14.3. The standard InChI is InChI=1S/C17H20N4O3/c1-23-17(22)14-4-2-13(3-5-14)12-18-15-6-7-16(20-19-15)21-8-10-24-11-9-21/h2-7H,8-12H2,1H3,(H,18,19). The number of carbonyl (C=O) groups excluding carboxylic acids is 1. The SMILES string of the molecule is COC(=O)c1ccc(CNc2ccc(N3CCOCC3)nn2)cc1. The smallest absolute Gasteiger partial charge is 0.337 e. The molecule has 3 rings (SSSR count). The molecule has 0 amide bonds. The number of morpholine rings is 1. The van der Waals surface area contributed by atoms with Gasteiger partial charge < -0.3 is 19.7 Å². The summed E-state index contributed by atoms with van der Waals surface area (Å²) in [6, 6.07) is 11.1. The molecule has 7 heteroatoms. The zero-order chi connectivity index (χ0) is 16.8. The lowest BCUT2D eigenvalue weighted by Crippen LogP contribution is -2.36. The van der Waals surface area contributed by atoms with Crippen molar-refractivity contribution in [2.45, 2.75) is 6.54 Å². The highest BCUT2D eigenvalue weighted by molar-refractivity contribution is 5.89. The molecule has 1 aromatic carbocycles. The molecule has 1 aliphatic rings. The summed E-state index contributed by atoms with van der Waals surface area (Å²) in [6.07, 6.45) is 0. The van der Waals surface area contributed by atoms with E-state index in [9.17, 15) is 4.79 Å². The van der Waals surface area contributed by atoms with E-state index in [-0.39, 0.29) is 5.97 Å². The average molecular weight is 328 g/mol. The lowest BCUT2D eigenvalue weighted by molar-refractivity contribution is 0.0600. The Balaban J connectivity index is 1.55. The largest absolute Gasteiger partial charge is 0.465 e. The molecule has 2 heterocycles. The minimum Gasteiger partial charge on any atom is -0.465 e. The molecular formula is C17H20N4O3. The van der Waals surface area contributed by atoms with Crippen LogP contribution in [0.4, 0.5) is 11.6 Å². The van der Waals surface area contributed by atoms with Crippen molar-refractivity contribution >= 4 is 17.6 Å². The predicted octanol–water partition coefficient (Wildman–Crippen LogP) is 1.71. The molecule has 1 N–H and O–H groups in total. The van der Waals surface area contributed by atoms with Crippen LogP contribution in [0.2, 0.25) is 0 Å². The zero-order valence-corrected chi connectivity index (χ0v) is 13.6. The highest BCUT2D eigenvalue weighted by Gasteiger charge is 2.12. The maximum Gasteiger partial charge on any atom is 0.337 e. The van der Waals surface area contributed by atoms with Crippen molar-refractivity contribution < 1.29 is 14.3 Å². The minimum atomic E-state index is -0.334. The molecule has 0 bridgehead atoms. The van der Waals surface area contributed by atoms with Crippen molar-refractivity contribution in [1.82, 2.24) is 10.2 Å². The fourth-order valence-corrected chi connectivity index (χ4v) is 2.45. The van der Waals surface area contributed by atoms with E-state index in [1.165, 1.54) is 7.11 Å². The van der Waals surface area contributed by atoms with Crippen LogP contribution in [0.3, 0.4) is 0 Å². The van der Waals surface area contributed by atoms with E-state index in [2.05, 4.69) is 25.2 Å². The van der Waals surface area contributed by atoms with Crippen molar-refractivity contribution in [2.75, 3.05) is 43.6 Å². The van der Waals surface area contributed by atoms with Gasteiger partial charge in [-0.1, -0.05) is 12.1 Å². The summed E-state index contributed by atoms with van der Waals surface area (Å²) in [4.78, 5) is 13.6. The topological polar surface area (TPSA) is 76.6 Å². The Hall–Kier alpha value is -2.67. The van der Waals surface area contributed by atoms with Crippen molar-refractivity contribution in [2.24, 2.45) is 0 Å². The van der Waals surface area contributed by atoms with Gasteiger partial charge in [0.05, 0.1) is 25.9 Å². The highest BCUT2D eigenvalue weighted by Crippen LogP contribution is 2.14. The molecule has 1 aromatic heterocycles. The third kappa shape index (κ3) is 3.99. The van der Waals surface area contributed by atoms with Crippen LogP contribution in [0.5, 0.6) is 0 Å². The Bertz CT molecular complexity index is 667. The number of nitrogens with zero attached hydrogens (tertiary/aromatic N) is 3. The second kappa shape index (κ2) is 7.74. The lowest BCUT2D eigenvalue weighted by atomic mass is 10.1. The number of carbonyl (C=O) groups is 1. The highest BCUT2D eigenvalue weighted by atomic mass is 16.5. The second-order valence-electron chi connectivity index (χ2n) is 5.42. The maximum atomic E-state index is 11.4. The van der Waals surface area contributed by atoms with Gasteiger partial charge in [0, 0.05) is 19.6 Å². The molecule has 1 fully saturated rings. The maximum absolute atomic E-state index is 11.4. The van der Waals surface area contributed by atoms with Gasteiger partial charge >= 0.3 is 5.97 Å². The predicted molar refractivity (Wildman–Crippen MR) is 90.2 cm³/mol. The Morgan fingerprint density at radius 2 is 1.92 bits per heavy atom. The van der Waals surface area contributed by atoms with Crippen molar-refractivity contribution in [3.05, 3.63) is 47.5 Å². The lowest BCUT2D eigenvalue weighted by Gasteiger charge is -2.27. The molecule has 0 atom stereocenters. The first kappa shape index (κ1) is 16.2. The van der Waals surface area contributed by atoms with E-state index < -0.39 is 0 Å². The van der Waals surface area contributed by atoms with Crippen LogP contribution in [0, 0.1) is 0 Å². The molecule has 1 saturated heterocycles. The van der Waals surface area contributed by atoms with Gasteiger partial charge in [0.15, 0.2) is 5.82 Å². The monoisotopic (exact) mass is 328 g/mol. The number of rotatable bonds is 5. The van der Waals surface area contributed by atoms with Crippen molar-refractivity contribution in [3.8, 4) is 0 Å². The molecule has 2 aromatic rings. The third-order valence-electron chi connectivity index (χ3n) is 3.83. The summed E-state index contributed by atoms with van der Waals surface area (Å²) in [5, 5.41) is 11.7. The summed E-state index contributed by atoms with van der Waals surface area (Å²) in [6.45, 7) is 3.74. The van der Waals surface area contributed by atoms with Crippen LogP contribution in [0.25, 0.3) is 0 Å². The summed E-state index contributed by atoms with van der Waals surface area (Å²) >= 11 is 0. The number of methoxy groups -OCH3 is 1. The van der Waals surface area contributed by atoms with Gasteiger partial charge in [0.1, 0.15) is 5.82 Å². The molecule has 7 nitrogen and oxygen atoms in total. The van der Waals surface area contributed by atoms with Gasteiger partial charge in [-0.05, 0) is 29.8 Å². The first-order valence-corrected chi connectivity index (χ1v) is 7.84. The Morgan fingerprint density at radius 3 is 2.54 bits per heavy atom. The summed E-state index contributed by atoms with van der Waals surface area (Å²) in [5.41, 5.74) is 1.58.